The number of aromatic nitrogens is 1. The van der Waals surface area contributed by atoms with E-state index < -0.39 is 0 Å². The van der Waals surface area contributed by atoms with Crippen LogP contribution in [0.25, 0.3) is 0 Å². The van der Waals surface area contributed by atoms with Crippen molar-refractivity contribution in [2.24, 2.45) is 0 Å². The van der Waals surface area contributed by atoms with Crippen molar-refractivity contribution in [3.8, 4) is 0 Å². The fourth-order valence-corrected chi connectivity index (χ4v) is 4.67. The van der Waals surface area contributed by atoms with Crippen LogP contribution in [0.1, 0.15) is 55.3 Å². The largest absolute Gasteiger partial charge is 0.337 e. The fourth-order valence-electron chi connectivity index (χ4n) is 3.36. The second-order valence-corrected chi connectivity index (χ2v) is 8.94. The van der Waals surface area contributed by atoms with E-state index in [0.29, 0.717) is 12.5 Å². The first-order valence-corrected chi connectivity index (χ1v) is 12.6. The molecule has 0 aliphatic carbocycles. The van der Waals surface area contributed by atoms with Crippen LogP contribution in [0.15, 0.2) is 40.3 Å². The molecular formula is C23H33N3OS2. The molecule has 2 amide bonds. The van der Waals surface area contributed by atoms with Crippen molar-refractivity contribution in [2.45, 2.75) is 62.3 Å². The van der Waals surface area contributed by atoms with Gasteiger partial charge in [-0.3, -0.25) is 0 Å². The monoisotopic (exact) mass is 431 g/mol. The van der Waals surface area contributed by atoms with Gasteiger partial charge in [-0.05, 0) is 44.4 Å². The summed E-state index contributed by atoms with van der Waals surface area (Å²) in [5.41, 5.74) is 4.31. The molecule has 1 aromatic heterocycles. The molecule has 0 radical (unpaired) electrons. The van der Waals surface area contributed by atoms with Crippen LogP contribution in [0, 0.1) is 13.8 Å². The van der Waals surface area contributed by atoms with Crippen LogP contribution in [0.2, 0.25) is 0 Å². The number of nitrogens with zero attached hydrogens (tertiary/aromatic N) is 1. The second kappa shape index (κ2) is 12.1. The van der Waals surface area contributed by atoms with Crippen LogP contribution in [0.5, 0.6) is 0 Å². The Morgan fingerprint density at radius 1 is 1.14 bits per heavy atom. The first kappa shape index (κ1) is 23.6. The van der Waals surface area contributed by atoms with Crippen molar-refractivity contribution in [1.82, 2.24) is 10.3 Å². The van der Waals surface area contributed by atoms with Crippen LogP contribution in [-0.2, 0) is 0 Å². The lowest BCUT2D eigenvalue weighted by molar-refractivity contribution is 0.251. The van der Waals surface area contributed by atoms with Gasteiger partial charge in [0.15, 0.2) is 0 Å². The molecule has 0 aliphatic heterocycles. The van der Waals surface area contributed by atoms with Gasteiger partial charge >= 0.3 is 6.03 Å². The molecule has 0 aliphatic rings. The Labute approximate surface area is 184 Å². The zero-order valence-corrected chi connectivity index (χ0v) is 19.8. The third kappa shape index (κ3) is 7.27. The quantitative estimate of drug-likeness (QED) is 0.327. The van der Waals surface area contributed by atoms with E-state index in [-0.39, 0.29) is 6.03 Å². The Hall–Kier alpha value is -1.66. The van der Waals surface area contributed by atoms with Gasteiger partial charge < -0.3 is 10.6 Å². The summed E-state index contributed by atoms with van der Waals surface area (Å²) >= 11 is 3.17. The maximum Gasteiger partial charge on any atom is 0.319 e. The van der Waals surface area contributed by atoms with Gasteiger partial charge in [0.05, 0.1) is 5.69 Å². The summed E-state index contributed by atoms with van der Waals surface area (Å²) in [5, 5.41) is 6.99. The van der Waals surface area contributed by atoms with Gasteiger partial charge in [0.1, 0.15) is 5.03 Å². The van der Waals surface area contributed by atoms with Gasteiger partial charge in [-0.1, -0.05) is 56.0 Å². The summed E-state index contributed by atoms with van der Waals surface area (Å²) in [6.45, 7) is 6.94. The molecule has 1 atom stereocenters. The van der Waals surface area contributed by atoms with E-state index in [4.69, 9.17) is 0 Å². The molecule has 29 heavy (non-hydrogen) atoms. The minimum Gasteiger partial charge on any atom is -0.337 e. The van der Waals surface area contributed by atoms with Crippen LogP contribution in [0.4, 0.5) is 10.5 Å². The summed E-state index contributed by atoms with van der Waals surface area (Å²) in [4.78, 5) is 18.3. The number of carbonyl (C=O) groups is 1. The van der Waals surface area contributed by atoms with E-state index in [0.717, 1.165) is 27.7 Å². The van der Waals surface area contributed by atoms with Gasteiger partial charge in [-0.15, -0.1) is 23.5 Å². The number of unbranched alkanes of at least 4 members (excludes halogenated alkanes) is 2. The molecule has 2 N–H and O–H groups in total. The Morgan fingerprint density at radius 3 is 2.59 bits per heavy atom. The average Bonchev–Trinajstić information content (AvgIpc) is 2.71. The highest BCUT2D eigenvalue weighted by Crippen LogP contribution is 2.33. The predicted octanol–water partition coefficient (Wildman–Crippen LogP) is 6.63. The van der Waals surface area contributed by atoms with E-state index in [1.54, 1.807) is 23.5 Å². The molecule has 0 saturated carbocycles. The van der Waals surface area contributed by atoms with E-state index in [1.807, 2.05) is 25.5 Å². The maximum atomic E-state index is 12.7. The lowest BCUT2D eigenvalue weighted by atomic mass is 9.92. The van der Waals surface area contributed by atoms with Crippen LogP contribution >= 0.6 is 23.5 Å². The molecule has 0 bridgehead atoms. The number of aryl methyl sites for hydroxylation is 2. The Balaban J connectivity index is 2.08. The van der Waals surface area contributed by atoms with Gasteiger partial charge in [0, 0.05) is 23.1 Å². The molecule has 0 saturated heterocycles. The number of hydrogen-bond donors (Lipinski definition) is 2. The number of pyridine rings is 1. The van der Waals surface area contributed by atoms with Crippen LogP contribution in [-0.4, -0.2) is 30.1 Å². The lowest BCUT2D eigenvalue weighted by Gasteiger charge is -2.20. The first-order valence-electron chi connectivity index (χ1n) is 10.2. The molecule has 1 unspecified atom stereocenters. The topological polar surface area (TPSA) is 54.0 Å². The van der Waals surface area contributed by atoms with Crippen LogP contribution < -0.4 is 10.6 Å². The highest BCUT2D eigenvalue weighted by atomic mass is 32.2. The van der Waals surface area contributed by atoms with Crippen molar-refractivity contribution < 1.29 is 4.79 Å². The highest BCUT2D eigenvalue weighted by Gasteiger charge is 2.16. The number of urea groups is 1. The Kier molecular flexibility index (Phi) is 9.88. The fraction of sp³-hybridized carbons (Fsp3) is 0.478. The normalized spacial score (nSPS) is 11.9. The number of rotatable bonds is 10. The molecule has 1 heterocycles. The van der Waals surface area contributed by atoms with Crippen molar-refractivity contribution >= 4 is 35.2 Å². The van der Waals surface area contributed by atoms with Crippen LogP contribution in [0.3, 0.4) is 0 Å². The van der Waals surface area contributed by atoms with Crippen molar-refractivity contribution in [3.05, 3.63) is 47.2 Å². The lowest BCUT2D eigenvalue weighted by Crippen LogP contribution is -2.33. The average molecular weight is 432 g/mol. The number of carbonyl (C=O) groups excluding carboxylic acids is 1. The zero-order chi connectivity index (χ0) is 21.2. The van der Waals surface area contributed by atoms with Crippen molar-refractivity contribution in [1.29, 1.82) is 0 Å². The summed E-state index contributed by atoms with van der Waals surface area (Å²) in [7, 11) is 0. The minimum absolute atomic E-state index is 0.172. The summed E-state index contributed by atoms with van der Waals surface area (Å²) in [6.07, 6.45) is 8.67. The van der Waals surface area contributed by atoms with E-state index in [1.165, 1.54) is 30.4 Å². The first-order chi connectivity index (χ1) is 14.0. The van der Waals surface area contributed by atoms with E-state index in [9.17, 15) is 4.79 Å². The SMILES string of the molecule is CCCCCC(CNC(=O)Nc1c(SC)cc(C)nc1SC)c1cccc(C)c1. The summed E-state index contributed by atoms with van der Waals surface area (Å²) < 4.78 is 0. The van der Waals surface area contributed by atoms with E-state index in [2.05, 4.69) is 53.7 Å². The van der Waals surface area contributed by atoms with Gasteiger partial charge in [-0.2, -0.15) is 0 Å². The third-order valence-corrected chi connectivity index (χ3v) is 6.35. The molecule has 158 valence electrons. The number of nitrogens with one attached hydrogen (secondary N) is 2. The highest BCUT2D eigenvalue weighted by molar-refractivity contribution is 7.99. The standard InChI is InChI=1S/C23H33N3OS2/c1-6-7-8-11-19(18-12-9-10-16(2)13-18)15-24-23(27)26-21-20(28-4)14-17(3)25-22(21)29-5/h9-10,12-14,19H,6-8,11,15H2,1-5H3,(H2,24,26,27). The summed E-state index contributed by atoms with van der Waals surface area (Å²) in [6, 6.07) is 10.5. The Bertz CT molecular complexity index is 785. The number of thioether (sulfide) groups is 2. The predicted molar refractivity (Wildman–Crippen MR) is 128 cm³/mol. The molecule has 2 aromatic rings. The minimum atomic E-state index is -0.172. The third-order valence-electron chi connectivity index (χ3n) is 4.91. The number of hydrogen-bond acceptors (Lipinski definition) is 4. The molecular weight excluding hydrogens is 398 g/mol. The summed E-state index contributed by atoms with van der Waals surface area (Å²) in [5.74, 6) is 0.323. The molecule has 1 aromatic carbocycles. The molecule has 2 rings (SSSR count). The maximum absolute atomic E-state index is 12.7. The van der Waals surface area contributed by atoms with Crippen molar-refractivity contribution in [3.63, 3.8) is 0 Å². The molecule has 0 spiro atoms. The van der Waals surface area contributed by atoms with Gasteiger partial charge in [0.2, 0.25) is 0 Å². The van der Waals surface area contributed by atoms with Gasteiger partial charge in [-0.25, -0.2) is 9.78 Å². The molecule has 6 heteroatoms. The van der Waals surface area contributed by atoms with E-state index >= 15 is 0 Å². The number of anilines is 1. The van der Waals surface area contributed by atoms with Gasteiger partial charge in [0.25, 0.3) is 0 Å². The molecule has 4 nitrogen and oxygen atoms in total. The zero-order valence-electron chi connectivity index (χ0n) is 18.2. The smallest absolute Gasteiger partial charge is 0.319 e. The number of benzene rings is 1. The number of amides is 2. The molecule has 0 fully saturated rings. The van der Waals surface area contributed by atoms with Crippen molar-refractivity contribution in [2.75, 3.05) is 24.4 Å². The Morgan fingerprint density at radius 2 is 1.93 bits per heavy atom. The second-order valence-electron chi connectivity index (χ2n) is 7.29.